The van der Waals surface area contributed by atoms with Crippen molar-refractivity contribution in [1.29, 1.82) is 0 Å². The van der Waals surface area contributed by atoms with E-state index in [-0.39, 0.29) is 27.6 Å². The fourth-order valence-electron chi connectivity index (χ4n) is 2.75. The van der Waals surface area contributed by atoms with Crippen molar-refractivity contribution >= 4 is 36.9 Å². The third-order valence-electron chi connectivity index (χ3n) is 4.56. The van der Waals surface area contributed by atoms with Gasteiger partial charge in [-0.2, -0.15) is 5.10 Å². The van der Waals surface area contributed by atoms with Crippen LogP contribution >= 0.6 is 0 Å². The van der Waals surface area contributed by atoms with E-state index in [2.05, 4.69) is 46.3 Å². The van der Waals surface area contributed by atoms with E-state index in [0.717, 1.165) is 23.1 Å². The van der Waals surface area contributed by atoms with Crippen LogP contribution in [0.2, 0.25) is 0 Å². The largest absolute Gasteiger partial charge is 2.00 e. The number of nitrogen functional groups attached to an aromatic ring is 1. The molecule has 0 radical (unpaired) electrons. The second-order valence-corrected chi connectivity index (χ2v) is 7.58. The average molecular weight is 691 g/mol. The minimum absolute atomic E-state index is 0. The van der Waals surface area contributed by atoms with Crippen molar-refractivity contribution in [2.45, 2.75) is 59.4 Å². The van der Waals surface area contributed by atoms with E-state index < -0.39 is 0 Å². The first-order valence-electron chi connectivity index (χ1n) is 11.6. The number of rotatable bonds is 11. The van der Waals surface area contributed by atoms with Gasteiger partial charge in [0.25, 0.3) is 0 Å². The number of carbonyl (C=O) groups excluding carboxylic acids is 2. The summed E-state index contributed by atoms with van der Waals surface area (Å²) in [4.78, 5) is 19.2. The number of carbonyl (C=O) groups is 2. The smallest absolute Gasteiger partial charge is 0.674 e. The van der Waals surface area contributed by atoms with Gasteiger partial charge in [-0.3, -0.25) is 4.68 Å². The number of hydrogen-bond donors (Lipinski definition) is 5. The molecule has 6 N–H and O–H groups in total. The molecule has 0 bridgehead atoms. The van der Waals surface area contributed by atoms with E-state index in [1.54, 1.807) is 18.3 Å². The first-order valence-corrected chi connectivity index (χ1v) is 12.0. The van der Waals surface area contributed by atoms with E-state index in [1.807, 2.05) is 34.0 Å². The summed E-state index contributed by atoms with van der Waals surface area (Å²) in [7, 11) is 3.87. The summed E-state index contributed by atoms with van der Waals surface area (Å²) >= 11 is 4.19. The zero-order valence-corrected chi connectivity index (χ0v) is 25.8. The summed E-state index contributed by atoms with van der Waals surface area (Å²) in [6.07, 6.45) is 13.3. The number of aromatic nitrogens is 2. The van der Waals surface area contributed by atoms with Crippen molar-refractivity contribution in [3.8, 4) is 5.75 Å². The summed E-state index contributed by atoms with van der Waals surface area (Å²) in [6.45, 7) is 7.62. The van der Waals surface area contributed by atoms with Crippen LogP contribution in [-0.2, 0) is 50.0 Å². The number of aromatic hydroxyl groups is 1. The van der Waals surface area contributed by atoms with Gasteiger partial charge in [-0.25, -0.2) is 6.20 Å². The number of anilines is 2. The number of aryl methyl sites for hydroxylation is 1. The Kier molecular flexibility index (Phi) is 29.0. The van der Waals surface area contributed by atoms with Crippen molar-refractivity contribution in [3.05, 3.63) is 47.8 Å². The van der Waals surface area contributed by atoms with E-state index in [9.17, 15) is 14.7 Å². The first kappa shape index (κ1) is 38.2. The Hall–Kier alpha value is -2.29. The summed E-state index contributed by atoms with van der Waals surface area (Å²) in [6, 6.07) is 5.25. The van der Waals surface area contributed by atoms with Crippen LogP contribution in [0.15, 0.2) is 30.6 Å². The predicted molar refractivity (Wildman–Crippen MR) is 147 cm³/mol. The maximum atomic E-state index is 9.88. The summed E-state index contributed by atoms with van der Waals surface area (Å²) in [5.41, 5.74) is 8.34. The van der Waals surface area contributed by atoms with Crippen LogP contribution in [0.3, 0.4) is 0 Å². The fourth-order valence-corrected chi connectivity index (χ4v) is 2.82. The molecule has 0 atom stereocenters. The summed E-state index contributed by atoms with van der Waals surface area (Å²) in [5, 5.41) is 19.3. The van der Waals surface area contributed by atoms with Gasteiger partial charge in [-0.05, 0) is 57.8 Å². The quantitative estimate of drug-likeness (QED) is 0.0791. The Morgan fingerprint density at radius 2 is 1.81 bits per heavy atom. The van der Waals surface area contributed by atoms with Gasteiger partial charge in [-0.15, -0.1) is 0 Å². The molecule has 0 amide bonds. The van der Waals surface area contributed by atoms with Crippen LogP contribution < -0.4 is 21.1 Å². The molecule has 1 aromatic heterocycles. The molecule has 0 aliphatic rings. The topological polar surface area (TPSA) is 134 Å². The minimum atomic E-state index is 0. The van der Waals surface area contributed by atoms with Crippen LogP contribution in [0.5, 0.6) is 5.75 Å². The zero-order valence-electron chi connectivity index (χ0n) is 22.0. The summed E-state index contributed by atoms with van der Waals surface area (Å²) in [5.74, 6) is 0.789. The number of hydrogen-bond acceptors (Lipinski definition) is 9. The molecular formula is C25H42N6O3SW. The molecular weight excluding hydrogens is 648 g/mol. The Morgan fingerprint density at radius 3 is 2.22 bits per heavy atom. The van der Waals surface area contributed by atoms with E-state index in [1.165, 1.54) is 49.5 Å². The van der Waals surface area contributed by atoms with Gasteiger partial charge in [0.15, 0.2) is 0 Å². The van der Waals surface area contributed by atoms with Crippen molar-refractivity contribution in [1.82, 2.24) is 19.8 Å². The monoisotopic (exact) mass is 690 g/mol. The van der Waals surface area contributed by atoms with Crippen LogP contribution in [0.25, 0.3) is 0 Å². The van der Waals surface area contributed by atoms with E-state index >= 15 is 0 Å². The number of nitrogens with two attached hydrogens (primary N) is 1. The molecule has 0 aliphatic carbocycles. The molecule has 9 nitrogen and oxygen atoms in total. The SMILES string of the molecule is CCCCCCCNC.CNc1c(C)ccc(O)c1C.Nc1ccn(CC=O)n1.O=C[C-]=CN[S-].[W+2]. The molecule has 0 spiro atoms. The van der Waals surface area contributed by atoms with Crippen LogP contribution in [0, 0.1) is 19.9 Å². The standard InChI is InChI=1S/C9H13NO.C8H19N.C5H7N3O.C3H3NOS.W/c1-6-4-5-8(11)7(2)9(6)10-3;1-3-4-5-6-7-8-9-2;6-5-1-2-8(7-5)3-4-9;5-3-1-2-4-6;/h4-5,10-11H,1-3H3;9H,3-8H2,1-2H3;1-2,4H,3H2,(H2,6,7);2-4H;/q;;;-2;+2. The molecule has 2 aromatic rings. The van der Waals surface area contributed by atoms with Gasteiger partial charge in [-0.1, -0.05) is 38.7 Å². The normalized spacial score (nSPS) is 9.28. The van der Waals surface area contributed by atoms with Gasteiger partial charge in [0.05, 0.1) is 6.54 Å². The van der Waals surface area contributed by atoms with Gasteiger partial charge >= 0.3 is 21.1 Å². The molecule has 1 aromatic carbocycles. The average Bonchev–Trinajstić information content (AvgIpc) is 3.27. The number of phenols is 1. The maximum Gasteiger partial charge on any atom is 2.00 e. The number of phenolic OH excluding ortho intramolecular Hbond substituents is 1. The van der Waals surface area contributed by atoms with Gasteiger partial charge < -0.3 is 54.7 Å². The predicted octanol–water partition coefficient (Wildman–Crippen LogP) is 3.44. The molecule has 0 unspecified atom stereocenters. The number of nitrogens with zero attached hydrogens (tertiary/aromatic N) is 2. The van der Waals surface area contributed by atoms with E-state index in [4.69, 9.17) is 5.73 Å². The van der Waals surface area contributed by atoms with Crippen molar-refractivity contribution < 1.29 is 35.8 Å². The van der Waals surface area contributed by atoms with Gasteiger partial charge in [0, 0.05) is 24.5 Å². The Bertz CT molecular complexity index is 828. The fraction of sp³-hybridized carbons (Fsp3) is 0.480. The second kappa shape index (κ2) is 27.3. The van der Waals surface area contributed by atoms with Crippen LogP contribution in [0.1, 0.15) is 50.2 Å². The Morgan fingerprint density at radius 1 is 1.14 bits per heavy atom. The molecule has 202 valence electrons. The number of benzene rings is 1. The van der Waals surface area contributed by atoms with Gasteiger partial charge in [0.2, 0.25) is 0 Å². The minimum Gasteiger partial charge on any atom is -0.674 e. The molecule has 0 saturated carbocycles. The molecule has 0 fully saturated rings. The molecule has 36 heavy (non-hydrogen) atoms. The van der Waals surface area contributed by atoms with Crippen LogP contribution in [0.4, 0.5) is 11.5 Å². The third kappa shape index (κ3) is 21.0. The number of allylic oxidation sites excluding steroid dienone is 1. The molecule has 0 aliphatic heterocycles. The van der Waals surface area contributed by atoms with Crippen molar-refractivity contribution in [3.63, 3.8) is 0 Å². The summed E-state index contributed by atoms with van der Waals surface area (Å²) < 4.78 is 3.66. The second-order valence-electron chi connectivity index (χ2n) is 7.35. The van der Waals surface area contributed by atoms with E-state index in [0.29, 0.717) is 17.9 Å². The molecule has 11 heteroatoms. The third-order valence-corrected chi connectivity index (χ3v) is 4.68. The van der Waals surface area contributed by atoms with Crippen molar-refractivity contribution in [2.24, 2.45) is 0 Å². The Labute approximate surface area is 236 Å². The van der Waals surface area contributed by atoms with Crippen molar-refractivity contribution in [2.75, 3.05) is 31.7 Å². The molecule has 0 saturated heterocycles. The first-order chi connectivity index (χ1) is 16.8. The number of nitrogens with one attached hydrogen (secondary N) is 3. The number of unbranched alkanes of at least 4 members (excludes halogenated alkanes) is 4. The molecule has 1 heterocycles. The van der Waals surface area contributed by atoms with Gasteiger partial charge in [0.1, 0.15) is 17.9 Å². The number of aldehydes is 2. The maximum absolute atomic E-state index is 9.88. The van der Waals surface area contributed by atoms with Crippen LogP contribution in [-0.4, -0.2) is 48.1 Å². The molecule has 2 rings (SSSR count). The zero-order chi connectivity index (χ0) is 26.9. The Balaban J connectivity index is -0.000000408.